The number of anilines is 1. The summed E-state index contributed by atoms with van der Waals surface area (Å²) in [5.41, 5.74) is 1.86. The largest absolute Gasteiger partial charge is 0.467 e. The molecule has 0 N–H and O–H groups in total. The first-order chi connectivity index (χ1) is 21.1. The van der Waals surface area contributed by atoms with Crippen LogP contribution >= 0.6 is 11.6 Å². The van der Waals surface area contributed by atoms with Crippen LogP contribution in [0.25, 0.3) is 39.0 Å². The molecule has 0 radical (unpaired) electrons. The number of hydrogen-bond donors (Lipinski definition) is 0. The van der Waals surface area contributed by atoms with Crippen molar-refractivity contribution in [3.05, 3.63) is 82.5 Å². The summed E-state index contributed by atoms with van der Waals surface area (Å²) < 4.78 is 35.8. The summed E-state index contributed by atoms with van der Waals surface area (Å²) in [7, 11) is 3.25. The topological polar surface area (TPSA) is 97.2 Å². The maximum atomic E-state index is 16.2. The van der Waals surface area contributed by atoms with Crippen LogP contribution < -0.4 is 9.64 Å². The van der Waals surface area contributed by atoms with Gasteiger partial charge in [-0.2, -0.15) is 9.97 Å². The van der Waals surface area contributed by atoms with Crippen molar-refractivity contribution in [3.8, 4) is 17.3 Å². The zero-order chi connectivity index (χ0) is 31.1. The second-order valence-electron chi connectivity index (χ2n) is 10.8. The number of carbonyl (C=O) groups is 1. The van der Waals surface area contributed by atoms with Crippen molar-refractivity contribution in [2.75, 3.05) is 38.7 Å². The molecule has 0 saturated carbocycles. The highest BCUT2D eigenvalue weighted by Gasteiger charge is 2.31. The number of hydrogen-bond acceptors (Lipinski definition) is 8. The van der Waals surface area contributed by atoms with Gasteiger partial charge in [0.05, 0.1) is 23.2 Å². The molecule has 0 bridgehead atoms. The fourth-order valence-electron chi connectivity index (χ4n) is 5.53. The predicted octanol–water partition coefficient (Wildman–Crippen LogP) is 5.80. The monoisotopic (exact) mass is 615 g/mol. The molecule has 6 rings (SSSR count). The predicted molar refractivity (Wildman–Crippen MR) is 166 cm³/mol. The van der Waals surface area contributed by atoms with Gasteiger partial charge in [0.2, 0.25) is 5.91 Å². The number of amides is 1. The molecule has 1 saturated heterocycles. The number of likely N-dealkylation sites (tertiary alicyclic amines) is 1. The smallest absolute Gasteiger partial charge is 0.318 e. The second-order valence-corrected chi connectivity index (χ2v) is 11.2. The van der Waals surface area contributed by atoms with E-state index < -0.39 is 11.6 Å². The van der Waals surface area contributed by atoms with Crippen LogP contribution in [-0.4, -0.2) is 69.5 Å². The summed E-state index contributed by atoms with van der Waals surface area (Å²) >= 11 is 6.31. The highest BCUT2D eigenvalue weighted by atomic mass is 35.5. The van der Waals surface area contributed by atoms with Crippen molar-refractivity contribution in [1.29, 1.82) is 0 Å². The number of rotatable bonds is 7. The highest BCUT2D eigenvalue weighted by Crippen LogP contribution is 2.38. The molecule has 5 aromatic rings. The average molecular weight is 616 g/mol. The fourth-order valence-corrected chi connectivity index (χ4v) is 5.80. The molecule has 1 fully saturated rings. The summed E-state index contributed by atoms with van der Waals surface area (Å²) in [5.74, 6) is -0.152. The molecule has 1 aliphatic rings. The molecular weight excluding hydrogens is 588 g/mol. The number of pyridine rings is 1. The van der Waals surface area contributed by atoms with Crippen LogP contribution in [0.1, 0.15) is 17.2 Å². The van der Waals surface area contributed by atoms with Crippen LogP contribution in [0, 0.1) is 31.4 Å². The Balaban J connectivity index is 1.23. The summed E-state index contributed by atoms with van der Waals surface area (Å²) in [4.78, 5) is 38.1. The van der Waals surface area contributed by atoms with E-state index in [9.17, 15) is 9.18 Å². The Morgan fingerprint density at radius 1 is 1.14 bits per heavy atom. The summed E-state index contributed by atoms with van der Waals surface area (Å²) in [6.07, 6.45) is 4.72. The van der Waals surface area contributed by atoms with E-state index in [-0.39, 0.29) is 34.1 Å². The van der Waals surface area contributed by atoms with Gasteiger partial charge in [-0.15, -0.1) is 0 Å². The van der Waals surface area contributed by atoms with Gasteiger partial charge in [-0.05, 0) is 37.4 Å². The Hall–Kier alpha value is -4.77. The van der Waals surface area contributed by atoms with Crippen LogP contribution in [0.5, 0.6) is 6.01 Å². The Labute approximate surface area is 257 Å². The van der Waals surface area contributed by atoms with Gasteiger partial charge in [-0.25, -0.2) is 18.7 Å². The molecule has 224 valence electrons. The van der Waals surface area contributed by atoms with Crippen molar-refractivity contribution < 1.29 is 18.3 Å². The lowest BCUT2D eigenvalue weighted by Crippen LogP contribution is -2.53. The van der Waals surface area contributed by atoms with Gasteiger partial charge in [0.25, 0.3) is 0 Å². The SMILES string of the molecule is COc1nc(N(C)CC2CN(C(=O)/C=C/c3cc(C)nc(C)n3)C2)c2cnc(-c3cccc4ccc(F)c(Cl)c34)c(F)c2n1. The van der Waals surface area contributed by atoms with Crippen molar-refractivity contribution in [2.45, 2.75) is 13.8 Å². The van der Waals surface area contributed by atoms with Gasteiger partial charge >= 0.3 is 6.01 Å². The number of methoxy groups -OCH3 is 1. The van der Waals surface area contributed by atoms with Gasteiger partial charge in [-0.3, -0.25) is 9.78 Å². The van der Waals surface area contributed by atoms with Gasteiger partial charge in [0.1, 0.15) is 28.7 Å². The lowest BCUT2D eigenvalue weighted by molar-refractivity contribution is -0.131. The van der Waals surface area contributed by atoms with Crippen molar-refractivity contribution in [2.24, 2.45) is 5.92 Å². The minimum absolute atomic E-state index is 0.0110. The minimum atomic E-state index is -0.702. The molecule has 1 aliphatic heterocycles. The molecule has 4 heterocycles. The van der Waals surface area contributed by atoms with Gasteiger partial charge in [-0.1, -0.05) is 35.9 Å². The molecule has 0 aliphatic carbocycles. The number of aryl methyl sites for hydroxylation is 2. The van der Waals surface area contributed by atoms with Crippen molar-refractivity contribution in [3.63, 3.8) is 0 Å². The van der Waals surface area contributed by atoms with Crippen molar-refractivity contribution in [1.82, 2.24) is 29.8 Å². The highest BCUT2D eigenvalue weighted by molar-refractivity contribution is 6.36. The number of fused-ring (bicyclic) bond motifs is 2. The molecule has 0 spiro atoms. The van der Waals surface area contributed by atoms with Crippen LogP contribution in [0.4, 0.5) is 14.6 Å². The van der Waals surface area contributed by atoms with E-state index in [4.69, 9.17) is 16.3 Å². The molecule has 1 amide bonds. The van der Waals surface area contributed by atoms with E-state index in [1.807, 2.05) is 31.9 Å². The lowest BCUT2D eigenvalue weighted by Gasteiger charge is -2.40. The third-order valence-corrected chi connectivity index (χ3v) is 7.93. The van der Waals surface area contributed by atoms with E-state index in [0.29, 0.717) is 58.7 Å². The zero-order valence-corrected chi connectivity index (χ0v) is 25.2. The molecule has 3 aromatic heterocycles. The molecule has 44 heavy (non-hydrogen) atoms. The van der Waals surface area contributed by atoms with Crippen LogP contribution in [0.2, 0.25) is 5.02 Å². The fraction of sp³-hybridized carbons (Fsp3) is 0.250. The number of carbonyl (C=O) groups excluding carboxylic acids is 1. The van der Waals surface area contributed by atoms with E-state index in [1.54, 1.807) is 35.2 Å². The third-order valence-electron chi connectivity index (χ3n) is 7.56. The lowest BCUT2D eigenvalue weighted by atomic mass is 9.99. The minimum Gasteiger partial charge on any atom is -0.467 e. The van der Waals surface area contributed by atoms with Crippen LogP contribution in [0.3, 0.4) is 0 Å². The maximum Gasteiger partial charge on any atom is 0.318 e. The maximum absolute atomic E-state index is 16.2. The molecule has 0 atom stereocenters. The first-order valence-corrected chi connectivity index (χ1v) is 14.3. The average Bonchev–Trinajstić information content (AvgIpc) is 2.98. The molecule has 12 heteroatoms. The number of halogens is 3. The van der Waals surface area contributed by atoms with Gasteiger partial charge < -0.3 is 14.5 Å². The third kappa shape index (κ3) is 5.50. The molecule has 9 nitrogen and oxygen atoms in total. The summed E-state index contributed by atoms with van der Waals surface area (Å²) in [6, 6.07) is 9.82. The van der Waals surface area contributed by atoms with Gasteiger partial charge in [0.15, 0.2) is 5.82 Å². The summed E-state index contributed by atoms with van der Waals surface area (Å²) in [6.45, 7) is 5.36. The molecule has 0 unspecified atom stereocenters. The van der Waals surface area contributed by atoms with E-state index in [0.717, 1.165) is 5.69 Å². The first kappa shape index (κ1) is 29.3. The number of ether oxygens (including phenoxy) is 1. The first-order valence-electron chi connectivity index (χ1n) is 13.9. The van der Waals surface area contributed by atoms with Crippen molar-refractivity contribution >= 4 is 51.1 Å². The van der Waals surface area contributed by atoms with Crippen LogP contribution in [0.15, 0.2) is 48.7 Å². The number of nitrogens with zero attached hydrogens (tertiary/aromatic N) is 7. The Morgan fingerprint density at radius 3 is 2.68 bits per heavy atom. The Morgan fingerprint density at radius 2 is 1.93 bits per heavy atom. The van der Waals surface area contributed by atoms with E-state index >= 15 is 4.39 Å². The Bertz CT molecular complexity index is 1940. The molecule has 2 aromatic carbocycles. The number of benzene rings is 2. The van der Waals surface area contributed by atoms with E-state index in [1.165, 1.54) is 25.4 Å². The number of aromatic nitrogens is 5. The normalized spacial score (nSPS) is 13.6. The quantitative estimate of drug-likeness (QED) is 0.212. The standard InChI is InChI=1S/C32H28ClF2N7O2/c1-17-12-21(38-18(2)37-17)9-11-25(43)42-15-19(16-42)14-41(3)31-23-13-36-29(28(35)30(23)39-32(40-31)44-4)22-7-5-6-20-8-10-24(34)27(33)26(20)22/h5-13,19H,14-16H2,1-4H3/b11-9+. The Kier molecular flexibility index (Phi) is 7.81. The van der Waals surface area contributed by atoms with Crippen LogP contribution in [-0.2, 0) is 4.79 Å². The summed E-state index contributed by atoms with van der Waals surface area (Å²) in [5, 5.41) is 1.29. The second kappa shape index (κ2) is 11.7. The van der Waals surface area contributed by atoms with E-state index in [2.05, 4.69) is 24.9 Å². The van der Waals surface area contributed by atoms with Gasteiger partial charge in [0, 0.05) is 61.5 Å². The molecular formula is C32H28ClF2N7O2. The zero-order valence-electron chi connectivity index (χ0n) is 24.5.